The van der Waals surface area contributed by atoms with Crippen molar-refractivity contribution in [2.75, 3.05) is 0 Å². The van der Waals surface area contributed by atoms with Gasteiger partial charge in [-0.1, -0.05) is 13.8 Å². The Kier molecular flexibility index (Phi) is 3.24. The van der Waals surface area contributed by atoms with Crippen LogP contribution in [0.25, 0.3) is 0 Å². The lowest BCUT2D eigenvalue weighted by atomic mass is 9.93. The summed E-state index contributed by atoms with van der Waals surface area (Å²) in [7, 11) is 0. The van der Waals surface area contributed by atoms with E-state index in [4.69, 9.17) is 0 Å². The quantitative estimate of drug-likeness (QED) is 0.514. The third-order valence-corrected chi connectivity index (χ3v) is 2.72. The van der Waals surface area contributed by atoms with E-state index in [9.17, 15) is 26.3 Å². The molecule has 0 saturated carbocycles. The maximum Gasteiger partial charge on any atom is 0.412 e. The first-order valence-electron chi connectivity index (χ1n) is 3.30. The molecule has 0 radical (unpaired) electrons. The number of rotatable bonds is 1. The number of hydrogen-bond donors (Lipinski definition) is 1. The minimum atomic E-state index is -5.40. The van der Waals surface area contributed by atoms with E-state index in [1.807, 2.05) is 0 Å². The van der Waals surface area contributed by atoms with E-state index >= 15 is 0 Å². The summed E-state index contributed by atoms with van der Waals surface area (Å²) >= 11 is 2.72. The zero-order chi connectivity index (χ0) is 11.1. The highest BCUT2D eigenvalue weighted by Gasteiger charge is 2.70. The molecule has 0 bridgehead atoms. The number of hydrogen-bond acceptors (Lipinski definition) is 1. The molecule has 0 heterocycles. The SMILES string of the molecule is CC(C)C(S)(C(F)(F)F)C(F)(F)F. The van der Waals surface area contributed by atoms with E-state index in [2.05, 4.69) is 12.6 Å². The summed E-state index contributed by atoms with van der Waals surface area (Å²) in [4.78, 5) is 0. The van der Waals surface area contributed by atoms with Crippen molar-refractivity contribution in [2.24, 2.45) is 5.92 Å². The van der Waals surface area contributed by atoms with E-state index < -0.39 is 23.0 Å². The molecule has 0 fully saturated rings. The molecule has 0 saturated heterocycles. The summed E-state index contributed by atoms with van der Waals surface area (Å²) in [6.07, 6.45) is -10.8. The summed E-state index contributed by atoms with van der Waals surface area (Å²) in [5.74, 6) is -1.67. The van der Waals surface area contributed by atoms with Crippen molar-refractivity contribution in [1.82, 2.24) is 0 Å². The van der Waals surface area contributed by atoms with Crippen molar-refractivity contribution >= 4 is 12.6 Å². The van der Waals surface area contributed by atoms with E-state index in [1.54, 1.807) is 0 Å². The molecule has 0 aromatic carbocycles. The van der Waals surface area contributed by atoms with Gasteiger partial charge in [-0.3, -0.25) is 0 Å². The predicted molar refractivity (Wildman–Crippen MR) is 38.7 cm³/mol. The van der Waals surface area contributed by atoms with Crippen molar-refractivity contribution in [1.29, 1.82) is 0 Å². The average Bonchev–Trinajstić information content (AvgIpc) is 1.80. The van der Waals surface area contributed by atoms with Crippen LogP contribution in [0.1, 0.15) is 13.8 Å². The smallest absolute Gasteiger partial charge is 0.169 e. The second-order valence-corrected chi connectivity index (χ2v) is 3.62. The Morgan fingerprint density at radius 2 is 1.08 bits per heavy atom. The first-order valence-corrected chi connectivity index (χ1v) is 3.75. The molecule has 0 nitrogen and oxygen atoms in total. The van der Waals surface area contributed by atoms with Gasteiger partial charge in [0.2, 0.25) is 4.75 Å². The molecule has 0 rings (SSSR count). The first kappa shape index (κ1) is 12.9. The largest absolute Gasteiger partial charge is 0.412 e. The standard InChI is InChI=1S/C6H8F6S/c1-3(2)4(13,5(7,8)9)6(10,11)12/h3,13H,1-2H3. The van der Waals surface area contributed by atoms with E-state index in [0.717, 1.165) is 13.8 Å². The van der Waals surface area contributed by atoms with Crippen LogP contribution < -0.4 is 0 Å². The van der Waals surface area contributed by atoms with Crippen LogP contribution in [0.3, 0.4) is 0 Å². The van der Waals surface area contributed by atoms with Crippen molar-refractivity contribution < 1.29 is 26.3 Å². The van der Waals surface area contributed by atoms with Gasteiger partial charge in [-0.05, 0) is 5.92 Å². The lowest BCUT2D eigenvalue weighted by Gasteiger charge is -2.36. The van der Waals surface area contributed by atoms with Gasteiger partial charge in [0, 0.05) is 0 Å². The molecular formula is C6H8F6S. The summed E-state index contributed by atoms with van der Waals surface area (Å²) < 4.78 is 68.4. The lowest BCUT2D eigenvalue weighted by Crippen LogP contribution is -2.55. The van der Waals surface area contributed by atoms with Crippen molar-refractivity contribution in [3.8, 4) is 0 Å². The van der Waals surface area contributed by atoms with Gasteiger partial charge < -0.3 is 0 Å². The van der Waals surface area contributed by atoms with Crippen molar-refractivity contribution in [2.45, 2.75) is 30.9 Å². The zero-order valence-electron chi connectivity index (χ0n) is 6.79. The minimum absolute atomic E-state index is 0.827. The lowest BCUT2D eigenvalue weighted by molar-refractivity contribution is -0.274. The van der Waals surface area contributed by atoms with Gasteiger partial charge in [-0.15, -0.1) is 0 Å². The van der Waals surface area contributed by atoms with Crippen molar-refractivity contribution in [3.63, 3.8) is 0 Å². The summed E-state index contributed by atoms with van der Waals surface area (Å²) in [6.45, 7) is 1.65. The number of halogens is 6. The van der Waals surface area contributed by atoms with Crippen LogP contribution in [-0.4, -0.2) is 17.1 Å². The molecule has 7 heteroatoms. The molecule has 0 amide bonds. The molecule has 0 aliphatic carbocycles. The first-order chi connectivity index (χ1) is 5.44. The van der Waals surface area contributed by atoms with E-state index in [1.165, 1.54) is 0 Å². The molecule has 0 aromatic rings. The Morgan fingerprint density at radius 3 is 1.08 bits per heavy atom. The fourth-order valence-corrected chi connectivity index (χ4v) is 0.815. The Labute approximate surface area is 76.7 Å². The van der Waals surface area contributed by atoms with Gasteiger partial charge in [-0.25, -0.2) is 0 Å². The monoisotopic (exact) mass is 226 g/mol. The Balaban J connectivity index is 5.22. The van der Waals surface area contributed by atoms with E-state index in [-0.39, 0.29) is 0 Å². The summed E-state index contributed by atoms with van der Waals surface area (Å²) in [5.41, 5.74) is 0. The highest BCUT2D eigenvalue weighted by atomic mass is 32.1. The molecule has 0 unspecified atom stereocenters. The maximum atomic E-state index is 12.1. The number of alkyl halides is 6. The summed E-state index contributed by atoms with van der Waals surface area (Å²) in [5, 5.41) is 0. The highest BCUT2D eigenvalue weighted by Crippen LogP contribution is 2.51. The van der Waals surface area contributed by atoms with Gasteiger partial charge in [-0.2, -0.15) is 39.0 Å². The van der Waals surface area contributed by atoms with Crippen LogP contribution in [0.2, 0.25) is 0 Å². The predicted octanol–water partition coefficient (Wildman–Crippen LogP) is 3.44. The fraction of sp³-hybridized carbons (Fsp3) is 1.00. The number of thiol groups is 1. The Hall–Kier alpha value is -0.0700. The third-order valence-electron chi connectivity index (χ3n) is 1.70. The van der Waals surface area contributed by atoms with Crippen LogP contribution >= 0.6 is 12.6 Å². The minimum Gasteiger partial charge on any atom is -0.169 e. The van der Waals surface area contributed by atoms with Gasteiger partial charge >= 0.3 is 12.4 Å². The molecule has 80 valence electrons. The van der Waals surface area contributed by atoms with Crippen LogP contribution in [0.15, 0.2) is 0 Å². The summed E-state index contributed by atoms with van der Waals surface area (Å²) in [6, 6.07) is 0. The second kappa shape index (κ2) is 3.25. The topological polar surface area (TPSA) is 0 Å². The third kappa shape index (κ3) is 2.05. The van der Waals surface area contributed by atoms with Gasteiger partial charge in [0.05, 0.1) is 0 Å². The van der Waals surface area contributed by atoms with Crippen molar-refractivity contribution in [3.05, 3.63) is 0 Å². The Morgan fingerprint density at radius 1 is 0.846 bits per heavy atom. The Bertz CT molecular complexity index is 165. The highest BCUT2D eigenvalue weighted by molar-refractivity contribution is 7.82. The molecule has 0 aliphatic rings. The van der Waals surface area contributed by atoms with E-state index in [0.29, 0.717) is 0 Å². The molecule has 0 aliphatic heterocycles. The van der Waals surface area contributed by atoms with Crippen LogP contribution in [0.4, 0.5) is 26.3 Å². The maximum absolute atomic E-state index is 12.1. The molecule has 0 aromatic heterocycles. The van der Waals surface area contributed by atoms with Crippen LogP contribution in [-0.2, 0) is 0 Å². The van der Waals surface area contributed by atoms with Gasteiger partial charge in [0.15, 0.2) is 0 Å². The normalized spacial score (nSPS) is 15.2. The molecular weight excluding hydrogens is 218 g/mol. The molecule has 13 heavy (non-hydrogen) atoms. The molecule has 0 spiro atoms. The molecule has 0 N–H and O–H groups in total. The fourth-order valence-electron chi connectivity index (χ4n) is 0.815. The molecule has 0 atom stereocenters. The zero-order valence-corrected chi connectivity index (χ0v) is 7.69. The average molecular weight is 226 g/mol. The van der Waals surface area contributed by atoms with Crippen LogP contribution in [0, 0.1) is 5.92 Å². The van der Waals surface area contributed by atoms with Crippen LogP contribution in [0.5, 0.6) is 0 Å². The van der Waals surface area contributed by atoms with Gasteiger partial charge in [0.1, 0.15) is 0 Å². The van der Waals surface area contributed by atoms with Gasteiger partial charge in [0.25, 0.3) is 0 Å². The second-order valence-electron chi connectivity index (χ2n) is 2.92.